The van der Waals surface area contributed by atoms with Crippen LogP contribution >= 0.6 is 38.9 Å². The molecule has 2 heterocycles. The number of anilines is 1. The predicted octanol–water partition coefficient (Wildman–Crippen LogP) is 4.83. The topological polar surface area (TPSA) is 72.2 Å². The van der Waals surface area contributed by atoms with Crippen molar-refractivity contribution in [3.05, 3.63) is 63.3 Å². The molecule has 6 nitrogen and oxygen atoms in total. The van der Waals surface area contributed by atoms with E-state index in [0.717, 1.165) is 25.8 Å². The summed E-state index contributed by atoms with van der Waals surface area (Å²) in [6.45, 7) is 1.85. The summed E-state index contributed by atoms with van der Waals surface area (Å²) in [5, 5.41) is 16.6. The highest BCUT2D eigenvalue weighted by Gasteiger charge is 2.13. The molecule has 0 atom stereocenters. The zero-order chi connectivity index (χ0) is 18.3. The van der Waals surface area contributed by atoms with Gasteiger partial charge in [0, 0.05) is 15.7 Å². The quantitative estimate of drug-likeness (QED) is 0.487. The van der Waals surface area contributed by atoms with E-state index < -0.39 is 0 Å². The molecule has 4 aromatic rings. The van der Waals surface area contributed by atoms with Crippen LogP contribution in [0.2, 0.25) is 5.02 Å². The summed E-state index contributed by atoms with van der Waals surface area (Å²) in [5.74, 6) is 0.457. The molecule has 0 aliphatic rings. The maximum Gasteiger partial charge on any atom is 0.257 e. The highest BCUT2D eigenvalue weighted by Crippen LogP contribution is 2.28. The van der Waals surface area contributed by atoms with Crippen LogP contribution in [-0.4, -0.2) is 25.7 Å². The van der Waals surface area contributed by atoms with Crippen LogP contribution < -0.4 is 5.32 Å². The lowest BCUT2D eigenvalue weighted by Crippen LogP contribution is -2.12. The van der Waals surface area contributed by atoms with E-state index in [0.29, 0.717) is 16.3 Å². The average molecular weight is 449 g/mol. The van der Waals surface area contributed by atoms with Gasteiger partial charge in [0.25, 0.3) is 5.91 Å². The van der Waals surface area contributed by atoms with Gasteiger partial charge in [-0.2, -0.15) is 9.61 Å². The Bertz CT molecular complexity index is 1140. The molecule has 0 saturated carbocycles. The lowest BCUT2D eigenvalue weighted by molar-refractivity contribution is 0.102. The smallest absolute Gasteiger partial charge is 0.257 e. The molecule has 1 amide bonds. The first-order valence-corrected chi connectivity index (χ1v) is 9.56. The molecule has 130 valence electrons. The van der Waals surface area contributed by atoms with E-state index in [-0.39, 0.29) is 5.91 Å². The molecule has 26 heavy (non-hydrogen) atoms. The van der Waals surface area contributed by atoms with E-state index >= 15 is 0 Å². The van der Waals surface area contributed by atoms with Gasteiger partial charge >= 0.3 is 0 Å². The van der Waals surface area contributed by atoms with Crippen LogP contribution in [0.3, 0.4) is 0 Å². The first-order valence-electron chi connectivity index (χ1n) is 7.57. The van der Waals surface area contributed by atoms with E-state index in [4.69, 9.17) is 11.6 Å². The maximum absolute atomic E-state index is 12.5. The van der Waals surface area contributed by atoms with Crippen molar-refractivity contribution in [2.45, 2.75) is 6.92 Å². The minimum absolute atomic E-state index is 0.276. The fourth-order valence-corrected chi connectivity index (χ4v) is 3.88. The normalized spacial score (nSPS) is 11.0. The van der Waals surface area contributed by atoms with E-state index in [1.54, 1.807) is 22.7 Å². The number of amides is 1. The van der Waals surface area contributed by atoms with Gasteiger partial charge in [-0.05, 0) is 37.3 Å². The molecule has 9 heteroatoms. The molecule has 2 aromatic heterocycles. The molecule has 2 aromatic carbocycles. The van der Waals surface area contributed by atoms with Gasteiger partial charge < -0.3 is 5.32 Å². The lowest BCUT2D eigenvalue weighted by atomic mass is 10.2. The van der Waals surface area contributed by atoms with Crippen molar-refractivity contribution < 1.29 is 4.79 Å². The van der Waals surface area contributed by atoms with Crippen LogP contribution in [0.1, 0.15) is 16.2 Å². The van der Waals surface area contributed by atoms with Gasteiger partial charge in [0.05, 0.1) is 10.6 Å². The summed E-state index contributed by atoms with van der Waals surface area (Å²) >= 11 is 10.9. The summed E-state index contributed by atoms with van der Waals surface area (Å²) in [7, 11) is 0. The summed E-state index contributed by atoms with van der Waals surface area (Å²) in [4.78, 5) is 13.3. The summed E-state index contributed by atoms with van der Waals surface area (Å²) in [6.07, 6.45) is 0. The Hall–Kier alpha value is -2.29. The minimum atomic E-state index is -0.276. The Morgan fingerprint density at radius 2 is 2.08 bits per heavy atom. The average Bonchev–Trinajstić information content (AvgIpc) is 3.19. The fourth-order valence-electron chi connectivity index (χ4n) is 2.43. The first-order chi connectivity index (χ1) is 12.5. The number of fused-ring (bicyclic) bond motifs is 1. The van der Waals surface area contributed by atoms with Crippen molar-refractivity contribution in [2.75, 3.05) is 5.32 Å². The van der Waals surface area contributed by atoms with Gasteiger partial charge in [0.1, 0.15) is 5.01 Å². The zero-order valence-electron chi connectivity index (χ0n) is 13.4. The Labute approximate surface area is 166 Å². The van der Waals surface area contributed by atoms with Crippen LogP contribution in [0, 0.1) is 6.92 Å². The molecule has 0 radical (unpaired) electrons. The van der Waals surface area contributed by atoms with Gasteiger partial charge in [-0.3, -0.25) is 4.79 Å². The molecule has 0 aliphatic carbocycles. The van der Waals surface area contributed by atoms with Crippen LogP contribution in [0.15, 0.2) is 46.9 Å². The molecule has 0 saturated heterocycles. The number of carbonyl (C=O) groups excluding carboxylic acids is 1. The highest BCUT2D eigenvalue weighted by molar-refractivity contribution is 9.10. The number of hydrogen-bond donors (Lipinski definition) is 1. The second-order valence-electron chi connectivity index (χ2n) is 5.51. The number of nitrogens with zero attached hydrogens (tertiary/aromatic N) is 4. The lowest BCUT2D eigenvalue weighted by Gasteiger charge is -2.08. The Morgan fingerprint density at radius 1 is 1.23 bits per heavy atom. The monoisotopic (exact) mass is 447 g/mol. The third-order valence-corrected chi connectivity index (χ3v) is 5.46. The van der Waals surface area contributed by atoms with E-state index in [9.17, 15) is 4.79 Å². The SMILES string of the molecule is Cc1nnc2sc(-c3cccc(NC(=O)c4cc(Br)ccc4Cl)c3)nn12. The van der Waals surface area contributed by atoms with Crippen molar-refractivity contribution >= 4 is 55.4 Å². The number of halogens is 2. The maximum atomic E-state index is 12.5. The zero-order valence-corrected chi connectivity index (χ0v) is 16.6. The minimum Gasteiger partial charge on any atom is -0.322 e. The number of nitrogens with one attached hydrogen (secondary N) is 1. The predicted molar refractivity (Wildman–Crippen MR) is 106 cm³/mol. The molecular weight excluding hydrogens is 438 g/mol. The summed E-state index contributed by atoms with van der Waals surface area (Å²) < 4.78 is 2.49. The summed E-state index contributed by atoms with van der Waals surface area (Å²) in [5.41, 5.74) is 1.95. The number of carbonyl (C=O) groups is 1. The standard InChI is InChI=1S/C17H11BrClN5OS/c1-9-21-22-17-24(9)23-16(26-17)10-3-2-4-12(7-10)20-15(25)13-8-11(18)5-6-14(13)19/h2-8H,1H3,(H,20,25). The molecule has 4 rings (SSSR count). The van der Waals surface area contributed by atoms with Gasteiger partial charge in [0.15, 0.2) is 5.82 Å². The number of rotatable bonds is 3. The van der Waals surface area contributed by atoms with E-state index in [2.05, 4.69) is 36.5 Å². The van der Waals surface area contributed by atoms with Crippen LogP contribution in [-0.2, 0) is 0 Å². The second kappa shape index (κ2) is 6.79. The number of hydrogen-bond acceptors (Lipinski definition) is 5. The third-order valence-electron chi connectivity index (χ3n) is 3.69. The van der Waals surface area contributed by atoms with Crippen molar-refractivity contribution in [1.82, 2.24) is 19.8 Å². The van der Waals surface area contributed by atoms with Crippen LogP contribution in [0.4, 0.5) is 5.69 Å². The van der Waals surface area contributed by atoms with Crippen molar-refractivity contribution in [2.24, 2.45) is 0 Å². The molecule has 0 bridgehead atoms. The van der Waals surface area contributed by atoms with Gasteiger partial charge in [-0.1, -0.05) is 51.0 Å². The molecule has 1 N–H and O–H groups in total. The van der Waals surface area contributed by atoms with Gasteiger partial charge in [0.2, 0.25) is 4.96 Å². The number of aryl methyl sites for hydroxylation is 1. The van der Waals surface area contributed by atoms with E-state index in [1.165, 1.54) is 11.3 Å². The first kappa shape index (κ1) is 17.1. The second-order valence-corrected chi connectivity index (χ2v) is 7.79. The molecule has 0 unspecified atom stereocenters. The van der Waals surface area contributed by atoms with Crippen molar-refractivity contribution in [1.29, 1.82) is 0 Å². The van der Waals surface area contributed by atoms with Gasteiger partial charge in [-0.25, -0.2) is 0 Å². The molecule has 0 spiro atoms. The highest BCUT2D eigenvalue weighted by atomic mass is 79.9. The van der Waals surface area contributed by atoms with E-state index in [1.807, 2.05) is 31.2 Å². The Morgan fingerprint density at radius 3 is 2.88 bits per heavy atom. The molecule has 0 fully saturated rings. The Kier molecular flexibility index (Phi) is 4.47. The van der Waals surface area contributed by atoms with Gasteiger partial charge in [-0.15, -0.1) is 10.2 Å². The molecule has 0 aliphatic heterocycles. The third kappa shape index (κ3) is 3.23. The number of benzene rings is 2. The molecular formula is C17H11BrClN5OS. The number of aromatic nitrogens is 4. The summed E-state index contributed by atoms with van der Waals surface area (Å²) in [6, 6.07) is 12.6. The fraction of sp³-hybridized carbons (Fsp3) is 0.0588. The van der Waals surface area contributed by atoms with Crippen LogP contribution in [0.5, 0.6) is 0 Å². The van der Waals surface area contributed by atoms with Crippen molar-refractivity contribution in [3.8, 4) is 10.6 Å². The van der Waals surface area contributed by atoms with Crippen LogP contribution in [0.25, 0.3) is 15.5 Å². The Balaban J connectivity index is 1.63. The largest absolute Gasteiger partial charge is 0.322 e. The van der Waals surface area contributed by atoms with Crippen molar-refractivity contribution in [3.63, 3.8) is 0 Å².